The summed E-state index contributed by atoms with van der Waals surface area (Å²) in [5.41, 5.74) is 2.34. The number of hydrogen-bond donors (Lipinski definition) is 1. The Hall–Kier alpha value is -1.81. The van der Waals surface area contributed by atoms with Crippen molar-refractivity contribution in [2.75, 3.05) is 0 Å². The highest BCUT2D eigenvalue weighted by Gasteiger charge is 2.24. The molecule has 0 fully saturated rings. The van der Waals surface area contributed by atoms with E-state index in [0.717, 1.165) is 23.4 Å². The zero-order valence-electron chi connectivity index (χ0n) is 11.5. The van der Waals surface area contributed by atoms with Crippen molar-refractivity contribution in [2.45, 2.75) is 25.7 Å². The molecule has 0 aliphatic carbocycles. The van der Waals surface area contributed by atoms with Gasteiger partial charge in [0.15, 0.2) is 0 Å². The molecule has 20 heavy (non-hydrogen) atoms. The summed E-state index contributed by atoms with van der Waals surface area (Å²) in [5, 5.41) is 14.4. The van der Waals surface area contributed by atoms with E-state index in [9.17, 15) is 9.90 Å². The highest BCUT2D eigenvalue weighted by molar-refractivity contribution is 6.31. The van der Waals surface area contributed by atoms with Gasteiger partial charge in [-0.2, -0.15) is 5.10 Å². The molecule has 2 rings (SSSR count). The monoisotopic (exact) mass is 292 g/mol. The molecule has 0 amide bonds. The molecule has 106 valence electrons. The minimum Gasteiger partial charge on any atom is -0.481 e. The van der Waals surface area contributed by atoms with Gasteiger partial charge in [0.25, 0.3) is 0 Å². The zero-order chi connectivity index (χ0) is 14.7. The fourth-order valence-corrected chi connectivity index (χ4v) is 2.64. The number of nitrogens with zero attached hydrogens (tertiary/aromatic N) is 2. The molecule has 0 aliphatic heterocycles. The summed E-state index contributed by atoms with van der Waals surface area (Å²) in [6.07, 6.45) is 1.07. The van der Waals surface area contributed by atoms with Gasteiger partial charge in [0.05, 0.1) is 22.3 Å². The van der Waals surface area contributed by atoms with E-state index in [-0.39, 0.29) is 0 Å². The van der Waals surface area contributed by atoms with E-state index in [2.05, 4.69) is 5.10 Å². The first-order valence-electron chi connectivity index (χ1n) is 6.52. The molecule has 1 aromatic carbocycles. The summed E-state index contributed by atoms with van der Waals surface area (Å²) in [6, 6.07) is 9.20. The summed E-state index contributed by atoms with van der Waals surface area (Å²) in [7, 11) is 1.80. The largest absolute Gasteiger partial charge is 0.481 e. The predicted molar refractivity (Wildman–Crippen MR) is 78.1 cm³/mol. The first-order chi connectivity index (χ1) is 9.54. The van der Waals surface area contributed by atoms with Crippen LogP contribution in [0.1, 0.15) is 29.8 Å². The van der Waals surface area contributed by atoms with Crippen LogP contribution in [-0.2, 0) is 24.7 Å². The smallest absolute Gasteiger partial charge is 0.311 e. The van der Waals surface area contributed by atoms with Crippen molar-refractivity contribution >= 4 is 17.6 Å². The number of carboxylic acids is 1. The summed E-state index contributed by atoms with van der Waals surface area (Å²) < 4.78 is 1.68. The summed E-state index contributed by atoms with van der Waals surface area (Å²) in [6.45, 7) is 1.98. The molecule has 1 unspecified atom stereocenters. The van der Waals surface area contributed by atoms with Crippen LogP contribution < -0.4 is 0 Å². The van der Waals surface area contributed by atoms with E-state index in [0.29, 0.717) is 11.4 Å². The van der Waals surface area contributed by atoms with Crippen LogP contribution >= 0.6 is 11.6 Å². The van der Waals surface area contributed by atoms with Crippen LogP contribution in [0.2, 0.25) is 5.02 Å². The lowest BCUT2D eigenvalue weighted by molar-refractivity contribution is -0.138. The molecule has 0 radical (unpaired) electrons. The molecule has 4 nitrogen and oxygen atoms in total. The molecule has 1 N–H and O–H groups in total. The minimum absolute atomic E-state index is 0.335. The first kappa shape index (κ1) is 14.6. The maximum Gasteiger partial charge on any atom is 0.311 e. The maximum atomic E-state index is 11.5. The third-order valence-corrected chi connectivity index (χ3v) is 3.84. The molecular formula is C15H17ClN2O2. The molecule has 2 aromatic rings. The first-order valence-corrected chi connectivity index (χ1v) is 6.90. The summed E-state index contributed by atoms with van der Waals surface area (Å²) in [4.78, 5) is 11.5. The van der Waals surface area contributed by atoms with Crippen LogP contribution in [-0.4, -0.2) is 20.9 Å². The minimum atomic E-state index is -0.855. The van der Waals surface area contributed by atoms with Gasteiger partial charge < -0.3 is 5.11 Å². The molecule has 0 bridgehead atoms. The Labute approximate surface area is 123 Å². The third-order valence-electron chi connectivity index (χ3n) is 3.40. The van der Waals surface area contributed by atoms with Crippen molar-refractivity contribution in [1.29, 1.82) is 0 Å². The van der Waals surface area contributed by atoms with Crippen molar-refractivity contribution in [3.8, 4) is 0 Å². The number of aliphatic carboxylic acids is 1. The second-order valence-corrected chi connectivity index (χ2v) is 5.07. The molecule has 1 atom stereocenters. The lowest BCUT2D eigenvalue weighted by Gasteiger charge is -2.13. The average Bonchev–Trinajstić information content (AvgIpc) is 2.71. The molecule has 0 aliphatic rings. The van der Waals surface area contributed by atoms with Crippen LogP contribution in [0.15, 0.2) is 30.3 Å². The molecule has 1 heterocycles. The quantitative estimate of drug-likeness (QED) is 0.921. The van der Waals surface area contributed by atoms with Gasteiger partial charge in [-0.1, -0.05) is 48.9 Å². The Morgan fingerprint density at radius 1 is 1.40 bits per heavy atom. The Morgan fingerprint density at radius 3 is 2.55 bits per heavy atom. The van der Waals surface area contributed by atoms with Crippen molar-refractivity contribution in [3.63, 3.8) is 0 Å². The standard InChI is InChI=1S/C15H17ClN2O2/c1-3-12-14(16)13(18(2)17-12)9-11(15(19)20)10-7-5-4-6-8-10/h4-8,11H,3,9H2,1-2H3,(H,19,20). The van der Waals surface area contributed by atoms with Gasteiger partial charge >= 0.3 is 5.97 Å². The van der Waals surface area contributed by atoms with Gasteiger partial charge in [0.1, 0.15) is 0 Å². The topological polar surface area (TPSA) is 55.1 Å². The Kier molecular flexibility index (Phi) is 4.45. The normalized spacial score (nSPS) is 12.3. The number of hydrogen-bond acceptors (Lipinski definition) is 2. The van der Waals surface area contributed by atoms with E-state index in [1.165, 1.54) is 0 Å². The van der Waals surface area contributed by atoms with Gasteiger partial charge in [-0.15, -0.1) is 0 Å². The molecule has 0 spiro atoms. The number of rotatable bonds is 5. The Morgan fingerprint density at radius 2 is 2.05 bits per heavy atom. The number of halogens is 1. The van der Waals surface area contributed by atoms with Crippen LogP contribution in [0, 0.1) is 0 Å². The number of carbonyl (C=O) groups is 1. The van der Waals surface area contributed by atoms with Gasteiger partial charge in [0.2, 0.25) is 0 Å². The van der Waals surface area contributed by atoms with Gasteiger partial charge in [-0.05, 0) is 12.0 Å². The molecule has 1 aromatic heterocycles. The molecule has 0 saturated heterocycles. The zero-order valence-corrected chi connectivity index (χ0v) is 12.3. The summed E-state index contributed by atoms with van der Waals surface area (Å²) >= 11 is 6.29. The van der Waals surface area contributed by atoms with Gasteiger partial charge in [-0.25, -0.2) is 0 Å². The van der Waals surface area contributed by atoms with Crippen molar-refractivity contribution in [1.82, 2.24) is 9.78 Å². The van der Waals surface area contributed by atoms with Crippen molar-refractivity contribution in [2.24, 2.45) is 7.05 Å². The Balaban J connectivity index is 2.35. The predicted octanol–water partition coefficient (Wildman–Crippen LogP) is 3.05. The van der Waals surface area contributed by atoms with Crippen LogP contribution in [0.5, 0.6) is 0 Å². The Bertz CT molecular complexity index is 608. The summed E-state index contributed by atoms with van der Waals surface area (Å²) in [5.74, 6) is -1.47. The van der Waals surface area contributed by atoms with Gasteiger partial charge in [-0.3, -0.25) is 9.48 Å². The van der Waals surface area contributed by atoms with E-state index in [4.69, 9.17) is 11.6 Å². The highest BCUT2D eigenvalue weighted by atomic mass is 35.5. The highest BCUT2D eigenvalue weighted by Crippen LogP contribution is 2.27. The number of benzene rings is 1. The van der Waals surface area contributed by atoms with E-state index in [1.807, 2.05) is 37.3 Å². The fourth-order valence-electron chi connectivity index (χ4n) is 2.27. The van der Waals surface area contributed by atoms with Crippen LogP contribution in [0.25, 0.3) is 0 Å². The molecule has 0 saturated carbocycles. The van der Waals surface area contributed by atoms with Crippen molar-refractivity contribution in [3.05, 3.63) is 52.3 Å². The second kappa shape index (κ2) is 6.09. The van der Waals surface area contributed by atoms with Crippen LogP contribution in [0.4, 0.5) is 0 Å². The van der Waals surface area contributed by atoms with Crippen molar-refractivity contribution < 1.29 is 9.90 Å². The number of carboxylic acid groups (broad SMARTS) is 1. The maximum absolute atomic E-state index is 11.5. The lowest BCUT2D eigenvalue weighted by Crippen LogP contribution is -2.16. The number of aryl methyl sites for hydroxylation is 2. The second-order valence-electron chi connectivity index (χ2n) is 4.69. The average molecular weight is 293 g/mol. The van der Waals surface area contributed by atoms with E-state index in [1.54, 1.807) is 11.7 Å². The fraction of sp³-hybridized carbons (Fsp3) is 0.333. The lowest BCUT2D eigenvalue weighted by atomic mass is 9.94. The third kappa shape index (κ3) is 2.85. The number of aromatic nitrogens is 2. The van der Waals surface area contributed by atoms with E-state index >= 15 is 0 Å². The van der Waals surface area contributed by atoms with Gasteiger partial charge in [0, 0.05) is 13.5 Å². The van der Waals surface area contributed by atoms with Crippen LogP contribution in [0.3, 0.4) is 0 Å². The molecule has 5 heteroatoms. The van der Waals surface area contributed by atoms with E-state index < -0.39 is 11.9 Å². The molecular weight excluding hydrogens is 276 g/mol. The SMILES string of the molecule is CCc1nn(C)c(CC(C(=O)O)c2ccccc2)c1Cl.